The van der Waals surface area contributed by atoms with Crippen molar-refractivity contribution in [1.82, 2.24) is 10.2 Å². The average molecular weight is 258 g/mol. The quantitative estimate of drug-likeness (QED) is 0.783. The molecule has 1 aliphatic rings. The van der Waals surface area contributed by atoms with Gasteiger partial charge in [-0.1, -0.05) is 20.3 Å². The third-order valence-electron chi connectivity index (χ3n) is 3.90. The van der Waals surface area contributed by atoms with Crippen LogP contribution >= 0.6 is 12.2 Å². The Kier molecular flexibility index (Phi) is 5.67. The minimum Gasteiger partial charge on any atom is -0.383 e. The highest BCUT2D eigenvalue weighted by Gasteiger charge is 2.29. The highest BCUT2D eigenvalue weighted by molar-refractivity contribution is 7.80. The molecular weight excluding hydrogens is 232 g/mol. The Morgan fingerprint density at radius 2 is 2.06 bits per heavy atom. The molecule has 100 valence electrons. The average Bonchev–Trinajstić information content (AvgIpc) is 2.30. The molecule has 1 unspecified atom stereocenters. The maximum absolute atomic E-state index is 5.43. The van der Waals surface area contributed by atoms with Crippen molar-refractivity contribution >= 4 is 17.3 Å². The molecule has 1 atom stereocenters. The lowest BCUT2D eigenvalue weighted by Crippen LogP contribution is -2.49. The maximum Gasteiger partial charge on any atom is 0.169 e. The molecule has 0 spiro atoms. The molecule has 4 heteroatoms. The Hall–Kier alpha value is -0.350. The molecular formula is C13H26N2OS. The van der Waals surface area contributed by atoms with Gasteiger partial charge in [-0.3, -0.25) is 0 Å². The van der Waals surface area contributed by atoms with Crippen LogP contribution in [0.2, 0.25) is 0 Å². The first kappa shape index (κ1) is 14.7. The molecule has 1 heterocycles. The lowest BCUT2D eigenvalue weighted by Gasteiger charge is -2.40. The van der Waals surface area contributed by atoms with Crippen LogP contribution < -0.4 is 5.32 Å². The summed E-state index contributed by atoms with van der Waals surface area (Å²) in [5, 5.41) is 4.21. The van der Waals surface area contributed by atoms with Gasteiger partial charge >= 0.3 is 0 Å². The van der Waals surface area contributed by atoms with Crippen molar-refractivity contribution in [2.24, 2.45) is 5.41 Å². The lowest BCUT2D eigenvalue weighted by atomic mass is 9.78. The summed E-state index contributed by atoms with van der Waals surface area (Å²) in [6.45, 7) is 9.61. The van der Waals surface area contributed by atoms with Crippen molar-refractivity contribution in [1.29, 1.82) is 0 Å². The van der Waals surface area contributed by atoms with Crippen LogP contribution in [0.1, 0.15) is 40.0 Å². The highest BCUT2D eigenvalue weighted by Crippen LogP contribution is 2.33. The minimum atomic E-state index is 0.284. The topological polar surface area (TPSA) is 24.5 Å². The second-order valence-corrected chi connectivity index (χ2v) is 5.84. The molecule has 0 amide bonds. The van der Waals surface area contributed by atoms with Crippen LogP contribution in [0, 0.1) is 5.41 Å². The monoisotopic (exact) mass is 258 g/mol. The Morgan fingerprint density at radius 1 is 1.47 bits per heavy atom. The summed E-state index contributed by atoms with van der Waals surface area (Å²) in [7, 11) is 1.72. The van der Waals surface area contributed by atoms with Gasteiger partial charge in [-0.05, 0) is 37.4 Å². The molecule has 0 aromatic carbocycles. The number of nitrogens with one attached hydrogen (secondary N) is 1. The zero-order valence-corrected chi connectivity index (χ0v) is 12.4. The van der Waals surface area contributed by atoms with Gasteiger partial charge in [0.25, 0.3) is 0 Å². The van der Waals surface area contributed by atoms with E-state index in [1.807, 2.05) is 0 Å². The summed E-state index contributed by atoms with van der Waals surface area (Å²) in [6.07, 6.45) is 3.75. The van der Waals surface area contributed by atoms with Gasteiger partial charge in [0.15, 0.2) is 5.11 Å². The Balaban J connectivity index is 2.36. The van der Waals surface area contributed by atoms with Crippen molar-refractivity contribution in [3.8, 4) is 0 Å². The molecule has 1 aliphatic heterocycles. The van der Waals surface area contributed by atoms with E-state index in [2.05, 4.69) is 31.0 Å². The highest BCUT2D eigenvalue weighted by atomic mass is 32.1. The van der Waals surface area contributed by atoms with Crippen molar-refractivity contribution < 1.29 is 4.74 Å². The van der Waals surface area contributed by atoms with E-state index in [-0.39, 0.29) is 6.04 Å². The van der Waals surface area contributed by atoms with Gasteiger partial charge < -0.3 is 15.0 Å². The fraction of sp³-hybridized carbons (Fsp3) is 0.923. The van der Waals surface area contributed by atoms with E-state index >= 15 is 0 Å². The van der Waals surface area contributed by atoms with Gasteiger partial charge in [0.2, 0.25) is 0 Å². The Bertz CT molecular complexity index is 250. The van der Waals surface area contributed by atoms with Crippen molar-refractivity contribution in [2.45, 2.75) is 46.1 Å². The van der Waals surface area contributed by atoms with Gasteiger partial charge in [0, 0.05) is 26.2 Å². The van der Waals surface area contributed by atoms with E-state index in [4.69, 9.17) is 17.0 Å². The second-order valence-electron chi connectivity index (χ2n) is 5.46. The number of hydrogen-bond donors (Lipinski definition) is 1. The van der Waals surface area contributed by atoms with Crippen LogP contribution in [0.4, 0.5) is 0 Å². The van der Waals surface area contributed by atoms with E-state index in [0.29, 0.717) is 12.0 Å². The fourth-order valence-corrected chi connectivity index (χ4v) is 2.58. The smallest absolute Gasteiger partial charge is 0.169 e. The molecule has 0 aliphatic carbocycles. The van der Waals surface area contributed by atoms with Gasteiger partial charge in [-0.15, -0.1) is 0 Å². The normalized spacial score (nSPS) is 21.1. The lowest BCUT2D eigenvalue weighted by molar-refractivity contribution is 0.155. The summed E-state index contributed by atoms with van der Waals surface area (Å²) in [5.41, 5.74) is 0.518. The first-order valence-corrected chi connectivity index (χ1v) is 6.96. The molecule has 17 heavy (non-hydrogen) atoms. The van der Waals surface area contributed by atoms with Crippen LogP contribution in [0.15, 0.2) is 0 Å². The maximum atomic E-state index is 5.43. The van der Waals surface area contributed by atoms with E-state index in [0.717, 1.165) is 18.2 Å². The fourth-order valence-electron chi connectivity index (χ4n) is 2.20. The number of hydrogen-bond acceptors (Lipinski definition) is 2. The number of rotatable bonds is 4. The largest absolute Gasteiger partial charge is 0.383 e. The first-order chi connectivity index (χ1) is 8.00. The second kappa shape index (κ2) is 6.55. The van der Waals surface area contributed by atoms with Crippen molar-refractivity contribution in [3.05, 3.63) is 0 Å². The van der Waals surface area contributed by atoms with E-state index < -0.39 is 0 Å². The molecule has 0 aromatic heterocycles. The summed E-state index contributed by atoms with van der Waals surface area (Å²) in [4.78, 5) is 2.29. The van der Waals surface area contributed by atoms with E-state index in [1.54, 1.807) is 7.11 Å². The van der Waals surface area contributed by atoms with Gasteiger partial charge in [-0.2, -0.15) is 0 Å². The molecule has 0 radical (unpaired) electrons. The van der Waals surface area contributed by atoms with Crippen LogP contribution in [0.5, 0.6) is 0 Å². The van der Waals surface area contributed by atoms with E-state index in [1.165, 1.54) is 19.3 Å². The molecule has 1 rings (SSSR count). The number of likely N-dealkylation sites (tertiary alicyclic amines) is 1. The molecule has 0 bridgehead atoms. The van der Waals surface area contributed by atoms with Crippen LogP contribution in [0.3, 0.4) is 0 Å². The van der Waals surface area contributed by atoms with Crippen LogP contribution in [-0.2, 0) is 4.74 Å². The predicted octanol–water partition coefficient (Wildman–Crippen LogP) is 2.41. The number of ether oxygens (including phenoxy) is 1. The SMILES string of the molecule is CCC1(C)CCN(C(=S)NC(C)COC)CC1. The third-order valence-corrected chi connectivity index (χ3v) is 4.27. The summed E-state index contributed by atoms with van der Waals surface area (Å²) < 4.78 is 5.10. The molecule has 3 nitrogen and oxygen atoms in total. The Labute approximate surface area is 111 Å². The Morgan fingerprint density at radius 3 is 2.53 bits per heavy atom. The van der Waals surface area contributed by atoms with Crippen molar-refractivity contribution in [2.75, 3.05) is 26.8 Å². The molecule has 1 N–H and O–H groups in total. The summed E-state index contributed by atoms with van der Waals surface area (Å²) in [5.74, 6) is 0. The third kappa shape index (κ3) is 4.43. The van der Waals surface area contributed by atoms with Crippen LogP contribution in [-0.4, -0.2) is 42.9 Å². The first-order valence-electron chi connectivity index (χ1n) is 6.55. The molecule has 1 saturated heterocycles. The van der Waals surface area contributed by atoms with Gasteiger partial charge in [0.05, 0.1) is 6.61 Å². The molecule has 1 fully saturated rings. The standard InChI is InChI=1S/C13H26N2OS/c1-5-13(3)6-8-15(9-7-13)12(17)14-11(2)10-16-4/h11H,5-10H2,1-4H3,(H,14,17). The molecule has 0 aromatic rings. The zero-order valence-electron chi connectivity index (χ0n) is 11.6. The molecule has 0 saturated carbocycles. The predicted molar refractivity (Wildman–Crippen MR) is 76.3 cm³/mol. The minimum absolute atomic E-state index is 0.284. The van der Waals surface area contributed by atoms with Gasteiger partial charge in [0.1, 0.15) is 0 Å². The summed E-state index contributed by atoms with van der Waals surface area (Å²) >= 11 is 5.43. The number of thiocarbonyl (C=S) groups is 1. The van der Waals surface area contributed by atoms with E-state index in [9.17, 15) is 0 Å². The van der Waals surface area contributed by atoms with Gasteiger partial charge in [-0.25, -0.2) is 0 Å². The van der Waals surface area contributed by atoms with Crippen molar-refractivity contribution in [3.63, 3.8) is 0 Å². The number of methoxy groups -OCH3 is 1. The zero-order chi connectivity index (χ0) is 12.9. The number of nitrogens with zero attached hydrogens (tertiary/aromatic N) is 1. The summed E-state index contributed by atoms with van der Waals surface area (Å²) in [6, 6.07) is 0.284. The number of piperidine rings is 1. The van der Waals surface area contributed by atoms with Crippen LogP contribution in [0.25, 0.3) is 0 Å².